The maximum Gasteiger partial charge on any atom is 0.120 e. The van der Waals surface area contributed by atoms with Gasteiger partial charge in [-0.15, -0.1) is 0 Å². The third kappa shape index (κ3) is 4.05. The number of aromatic amines is 1. The zero-order valence-electron chi connectivity index (χ0n) is 12.4. The molecule has 2 N–H and O–H groups in total. The quantitative estimate of drug-likeness (QED) is 0.758. The first-order chi connectivity index (χ1) is 9.35. The van der Waals surface area contributed by atoms with E-state index in [1.807, 2.05) is 12.4 Å². The van der Waals surface area contributed by atoms with Crippen molar-refractivity contribution in [3.63, 3.8) is 0 Å². The molecule has 0 aliphatic carbocycles. The number of hydrogen-bond acceptors (Lipinski definition) is 3. The molecule has 0 amide bonds. The maximum absolute atomic E-state index is 4.26. The largest absolute Gasteiger partial charge is 0.348 e. The van der Waals surface area contributed by atoms with Crippen molar-refractivity contribution in [3.05, 3.63) is 18.2 Å². The van der Waals surface area contributed by atoms with Crippen molar-refractivity contribution in [1.29, 1.82) is 0 Å². The monoisotopic (exact) mass is 264 g/mol. The Kier molecular flexibility index (Phi) is 5.86. The summed E-state index contributed by atoms with van der Waals surface area (Å²) in [7, 11) is 0. The first kappa shape index (κ1) is 14.5. The highest BCUT2D eigenvalue weighted by Crippen LogP contribution is 2.22. The molecule has 0 bridgehead atoms. The number of aromatic nitrogens is 2. The van der Waals surface area contributed by atoms with Crippen molar-refractivity contribution in [2.45, 2.75) is 52.1 Å². The van der Waals surface area contributed by atoms with Gasteiger partial charge < -0.3 is 10.3 Å². The summed E-state index contributed by atoms with van der Waals surface area (Å²) in [6.45, 7) is 9.13. The predicted molar refractivity (Wildman–Crippen MR) is 79.0 cm³/mol. The number of rotatable bonds is 8. The van der Waals surface area contributed by atoms with E-state index >= 15 is 0 Å². The van der Waals surface area contributed by atoms with Crippen LogP contribution in [-0.4, -0.2) is 40.5 Å². The summed E-state index contributed by atoms with van der Waals surface area (Å²) in [6.07, 6.45) is 9.00. The third-order valence-corrected chi connectivity index (χ3v) is 4.40. The van der Waals surface area contributed by atoms with Crippen molar-refractivity contribution >= 4 is 0 Å². The number of likely N-dealkylation sites (tertiary alicyclic amines) is 1. The number of imidazole rings is 1. The second-order valence-electron chi connectivity index (χ2n) is 5.55. The molecule has 1 fully saturated rings. The van der Waals surface area contributed by atoms with Crippen LogP contribution >= 0.6 is 0 Å². The summed E-state index contributed by atoms with van der Waals surface area (Å²) in [5.74, 6) is 1.84. The van der Waals surface area contributed by atoms with Gasteiger partial charge in [0.1, 0.15) is 5.82 Å². The summed E-state index contributed by atoms with van der Waals surface area (Å²) >= 11 is 0. The molecule has 2 heterocycles. The van der Waals surface area contributed by atoms with E-state index in [-0.39, 0.29) is 0 Å². The normalized spacial score (nSPS) is 18.3. The van der Waals surface area contributed by atoms with Gasteiger partial charge in [0.25, 0.3) is 0 Å². The van der Waals surface area contributed by atoms with Gasteiger partial charge in [0, 0.05) is 25.0 Å². The fourth-order valence-corrected chi connectivity index (χ4v) is 3.23. The smallest absolute Gasteiger partial charge is 0.120 e. The zero-order valence-corrected chi connectivity index (χ0v) is 12.4. The lowest BCUT2D eigenvalue weighted by Crippen LogP contribution is -2.45. The second kappa shape index (κ2) is 7.65. The highest BCUT2D eigenvalue weighted by molar-refractivity contribution is 4.88. The van der Waals surface area contributed by atoms with Gasteiger partial charge in [-0.25, -0.2) is 4.98 Å². The topological polar surface area (TPSA) is 44.0 Å². The van der Waals surface area contributed by atoms with Crippen LogP contribution < -0.4 is 5.32 Å². The Morgan fingerprint density at radius 1 is 1.32 bits per heavy atom. The molecular weight excluding hydrogens is 236 g/mol. The molecule has 4 heteroatoms. The molecule has 0 aromatic carbocycles. The van der Waals surface area contributed by atoms with E-state index in [2.05, 4.69) is 34.0 Å². The van der Waals surface area contributed by atoms with E-state index in [0.29, 0.717) is 6.04 Å². The Morgan fingerprint density at radius 2 is 2.05 bits per heavy atom. The number of H-pyrrole nitrogens is 1. The van der Waals surface area contributed by atoms with Crippen molar-refractivity contribution in [3.8, 4) is 0 Å². The lowest BCUT2D eigenvalue weighted by atomic mass is 9.93. The van der Waals surface area contributed by atoms with E-state index in [0.717, 1.165) is 24.8 Å². The molecule has 1 aromatic rings. The molecule has 0 saturated carbocycles. The molecule has 108 valence electrons. The van der Waals surface area contributed by atoms with Gasteiger partial charge in [0.2, 0.25) is 0 Å². The first-order valence-electron chi connectivity index (χ1n) is 7.78. The Labute approximate surface area is 117 Å². The van der Waals surface area contributed by atoms with E-state index in [1.54, 1.807) is 0 Å². The fraction of sp³-hybridized carbons (Fsp3) is 0.800. The molecule has 0 radical (unpaired) electrons. The van der Waals surface area contributed by atoms with Gasteiger partial charge in [-0.2, -0.15) is 0 Å². The van der Waals surface area contributed by atoms with Crippen LogP contribution in [0.1, 0.15) is 45.4 Å². The summed E-state index contributed by atoms with van der Waals surface area (Å²) in [5.41, 5.74) is 0. The number of nitrogens with one attached hydrogen (secondary N) is 2. The van der Waals surface area contributed by atoms with Crippen molar-refractivity contribution in [2.24, 2.45) is 5.92 Å². The molecular formula is C15H28N4. The van der Waals surface area contributed by atoms with Crippen molar-refractivity contribution in [1.82, 2.24) is 20.2 Å². The fourth-order valence-electron chi connectivity index (χ4n) is 3.23. The molecule has 1 aliphatic rings. The lowest BCUT2D eigenvalue weighted by molar-refractivity contribution is 0.161. The molecule has 1 aromatic heterocycles. The van der Waals surface area contributed by atoms with E-state index in [1.165, 1.54) is 38.8 Å². The average Bonchev–Trinajstić information content (AvgIpc) is 3.11. The summed E-state index contributed by atoms with van der Waals surface area (Å²) in [5, 5.41) is 3.58. The van der Waals surface area contributed by atoms with Crippen LogP contribution in [0.5, 0.6) is 0 Å². The minimum absolute atomic E-state index is 0.687. The highest BCUT2D eigenvalue weighted by Gasteiger charge is 2.27. The molecule has 1 atom stereocenters. The van der Waals surface area contributed by atoms with Crippen molar-refractivity contribution in [2.75, 3.05) is 19.6 Å². The van der Waals surface area contributed by atoms with E-state index in [9.17, 15) is 0 Å². The van der Waals surface area contributed by atoms with Crippen LogP contribution in [0.15, 0.2) is 12.4 Å². The standard InChI is InChI=1S/C15H28N4/c1-3-13(4-2)14(19-9-5-6-10-19)11-16-12-15-17-7-8-18-15/h7-8,13-14,16H,3-6,9-12H2,1-2H3,(H,17,18). The lowest BCUT2D eigenvalue weighted by Gasteiger charge is -2.34. The average molecular weight is 264 g/mol. The third-order valence-electron chi connectivity index (χ3n) is 4.40. The molecule has 1 unspecified atom stereocenters. The summed E-state index contributed by atoms with van der Waals surface area (Å²) in [6, 6.07) is 0.687. The van der Waals surface area contributed by atoms with Gasteiger partial charge in [0.15, 0.2) is 0 Å². The highest BCUT2D eigenvalue weighted by atomic mass is 15.2. The number of hydrogen-bond donors (Lipinski definition) is 2. The SMILES string of the molecule is CCC(CC)C(CNCc1ncc[nH]1)N1CCCC1. The van der Waals surface area contributed by atoms with Gasteiger partial charge >= 0.3 is 0 Å². The summed E-state index contributed by atoms with van der Waals surface area (Å²) < 4.78 is 0. The Morgan fingerprint density at radius 3 is 2.63 bits per heavy atom. The van der Waals surface area contributed by atoms with Gasteiger partial charge in [0.05, 0.1) is 6.54 Å². The molecule has 0 spiro atoms. The first-order valence-corrected chi connectivity index (χ1v) is 7.78. The van der Waals surface area contributed by atoms with Gasteiger partial charge in [-0.3, -0.25) is 4.90 Å². The Bertz CT molecular complexity index is 324. The van der Waals surface area contributed by atoms with Crippen LogP contribution in [-0.2, 0) is 6.54 Å². The number of nitrogens with zero attached hydrogens (tertiary/aromatic N) is 2. The van der Waals surface area contributed by atoms with Crippen LogP contribution in [0, 0.1) is 5.92 Å². The molecule has 4 nitrogen and oxygen atoms in total. The van der Waals surface area contributed by atoms with E-state index < -0.39 is 0 Å². The molecule has 1 aliphatic heterocycles. The van der Waals surface area contributed by atoms with Crippen molar-refractivity contribution < 1.29 is 0 Å². The van der Waals surface area contributed by atoms with E-state index in [4.69, 9.17) is 0 Å². The predicted octanol–water partition coefficient (Wildman–Crippen LogP) is 2.40. The second-order valence-corrected chi connectivity index (χ2v) is 5.55. The van der Waals surface area contributed by atoms with Gasteiger partial charge in [-0.1, -0.05) is 26.7 Å². The maximum atomic E-state index is 4.26. The molecule has 2 rings (SSSR count). The molecule has 19 heavy (non-hydrogen) atoms. The van der Waals surface area contributed by atoms with Crippen LogP contribution in [0.4, 0.5) is 0 Å². The van der Waals surface area contributed by atoms with Crippen LogP contribution in [0.3, 0.4) is 0 Å². The Balaban J connectivity index is 1.85. The summed E-state index contributed by atoms with van der Waals surface area (Å²) in [4.78, 5) is 10.1. The minimum atomic E-state index is 0.687. The van der Waals surface area contributed by atoms with Gasteiger partial charge in [-0.05, 0) is 31.8 Å². The Hall–Kier alpha value is -0.870. The molecule has 1 saturated heterocycles. The van der Waals surface area contributed by atoms with Crippen LogP contribution in [0.2, 0.25) is 0 Å². The zero-order chi connectivity index (χ0) is 13.5. The van der Waals surface area contributed by atoms with Crippen LogP contribution in [0.25, 0.3) is 0 Å². The minimum Gasteiger partial charge on any atom is -0.348 e.